The van der Waals surface area contributed by atoms with Crippen molar-refractivity contribution in [1.29, 1.82) is 0 Å². The van der Waals surface area contributed by atoms with Gasteiger partial charge in [0.15, 0.2) is 11.5 Å². The minimum atomic E-state index is -0.507. The fourth-order valence-corrected chi connectivity index (χ4v) is 3.88. The van der Waals surface area contributed by atoms with Crippen molar-refractivity contribution in [3.8, 4) is 11.5 Å². The molecular formula is C19H14BrNO4S2. The Morgan fingerprint density at radius 1 is 1.22 bits per heavy atom. The van der Waals surface area contributed by atoms with E-state index in [9.17, 15) is 9.59 Å². The number of amides is 1. The van der Waals surface area contributed by atoms with Crippen molar-refractivity contribution >= 4 is 62.2 Å². The van der Waals surface area contributed by atoms with Crippen LogP contribution >= 0.6 is 39.9 Å². The van der Waals surface area contributed by atoms with Gasteiger partial charge < -0.3 is 14.8 Å². The molecule has 1 fully saturated rings. The maximum absolute atomic E-state index is 12.5. The number of hydrogen-bond donors (Lipinski definition) is 1. The number of esters is 1. The van der Waals surface area contributed by atoms with E-state index in [-0.39, 0.29) is 11.7 Å². The van der Waals surface area contributed by atoms with Crippen LogP contribution in [0.15, 0.2) is 45.8 Å². The molecule has 0 bridgehead atoms. The second kappa shape index (κ2) is 8.24. The molecule has 0 radical (unpaired) electrons. The van der Waals surface area contributed by atoms with E-state index < -0.39 is 5.97 Å². The van der Waals surface area contributed by atoms with Gasteiger partial charge in [-0.1, -0.05) is 41.7 Å². The van der Waals surface area contributed by atoms with Crippen LogP contribution in [0, 0.1) is 6.92 Å². The molecular weight excluding hydrogens is 450 g/mol. The molecule has 1 aliphatic rings. The highest BCUT2D eigenvalue weighted by Crippen LogP contribution is 2.40. The molecule has 0 atom stereocenters. The van der Waals surface area contributed by atoms with Gasteiger partial charge in [-0.3, -0.25) is 4.79 Å². The van der Waals surface area contributed by atoms with Gasteiger partial charge in [-0.2, -0.15) is 0 Å². The lowest BCUT2D eigenvalue weighted by Crippen LogP contribution is -2.17. The van der Waals surface area contributed by atoms with Crippen LogP contribution in [0.1, 0.15) is 21.5 Å². The van der Waals surface area contributed by atoms with Crippen molar-refractivity contribution < 1.29 is 19.1 Å². The number of halogens is 1. The lowest BCUT2D eigenvalue weighted by atomic mass is 10.1. The molecule has 1 aliphatic heterocycles. The number of hydrogen-bond acceptors (Lipinski definition) is 6. The van der Waals surface area contributed by atoms with Crippen LogP contribution in [0.4, 0.5) is 0 Å². The monoisotopic (exact) mass is 463 g/mol. The van der Waals surface area contributed by atoms with Gasteiger partial charge in [-0.05, 0) is 58.8 Å². The fraction of sp³-hybridized carbons (Fsp3) is 0.105. The number of nitrogens with one attached hydrogen (secondary N) is 1. The van der Waals surface area contributed by atoms with Crippen LogP contribution in [0.25, 0.3) is 6.08 Å². The molecule has 138 valence electrons. The quantitative estimate of drug-likeness (QED) is 0.312. The number of ether oxygens (including phenoxy) is 2. The first kappa shape index (κ1) is 19.6. The lowest BCUT2D eigenvalue weighted by Gasteiger charge is -2.13. The standard InChI is InChI=1S/C19H14BrNO4S2/c1-10-3-5-11(6-4-10)18(23)25-16-13(24-2)8-7-12(15(16)20)9-14-17(22)21-19(26)27-14/h3-9H,1-2H3,(H,21,22,26)/b14-9-. The van der Waals surface area contributed by atoms with Gasteiger partial charge in [-0.25, -0.2) is 4.79 Å². The summed E-state index contributed by atoms with van der Waals surface area (Å²) in [6.45, 7) is 1.94. The molecule has 1 amide bonds. The SMILES string of the molecule is COc1ccc(/C=C2\SC(=S)NC2=O)c(Br)c1OC(=O)c1ccc(C)cc1. The van der Waals surface area contributed by atoms with E-state index in [1.807, 2.05) is 19.1 Å². The second-order valence-electron chi connectivity index (χ2n) is 5.61. The second-order valence-corrected chi connectivity index (χ2v) is 8.12. The van der Waals surface area contributed by atoms with E-state index >= 15 is 0 Å². The highest BCUT2D eigenvalue weighted by molar-refractivity contribution is 9.10. The number of thiocarbonyl (C=S) groups is 1. The van der Waals surface area contributed by atoms with Crippen LogP contribution in [-0.2, 0) is 4.79 Å². The van der Waals surface area contributed by atoms with Crippen molar-refractivity contribution in [2.24, 2.45) is 0 Å². The van der Waals surface area contributed by atoms with Crippen LogP contribution < -0.4 is 14.8 Å². The summed E-state index contributed by atoms with van der Waals surface area (Å²) in [5, 5.41) is 2.56. The number of methoxy groups -OCH3 is 1. The zero-order valence-corrected chi connectivity index (χ0v) is 17.6. The molecule has 5 nitrogen and oxygen atoms in total. The van der Waals surface area contributed by atoms with Gasteiger partial charge >= 0.3 is 5.97 Å². The van der Waals surface area contributed by atoms with Crippen LogP contribution in [-0.4, -0.2) is 23.3 Å². The van der Waals surface area contributed by atoms with E-state index in [4.69, 9.17) is 21.7 Å². The topological polar surface area (TPSA) is 64.6 Å². The summed E-state index contributed by atoms with van der Waals surface area (Å²) in [6.07, 6.45) is 1.67. The van der Waals surface area contributed by atoms with E-state index in [1.54, 1.807) is 30.3 Å². The van der Waals surface area contributed by atoms with Crippen LogP contribution in [0.5, 0.6) is 11.5 Å². The maximum Gasteiger partial charge on any atom is 0.343 e. The fourth-order valence-electron chi connectivity index (χ4n) is 2.32. The predicted molar refractivity (Wildman–Crippen MR) is 113 cm³/mol. The minimum absolute atomic E-state index is 0.239. The normalized spacial score (nSPS) is 15.0. The first-order valence-corrected chi connectivity index (χ1v) is 9.81. The molecule has 2 aromatic rings. The molecule has 1 heterocycles. The molecule has 1 saturated heterocycles. The third kappa shape index (κ3) is 4.40. The van der Waals surface area contributed by atoms with Gasteiger partial charge in [0.2, 0.25) is 0 Å². The number of carbonyl (C=O) groups is 2. The summed E-state index contributed by atoms with van der Waals surface area (Å²) in [5.74, 6) is -0.133. The average molecular weight is 464 g/mol. The molecule has 0 aliphatic carbocycles. The smallest absolute Gasteiger partial charge is 0.343 e. The minimum Gasteiger partial charge on any atom is -0.493 e. The number of thioether (sulfide) groups is 1. The van der Waals surface area contributed by atoms with Gasteiger partial charge in [0, 0.05) is 0 Å². The number of benzene rings is 2. The summed E-state index contributed by atoms with van der Waals surface area (Å²) in [7, 11) is 1.49. The van der Waals surface area contributed by atoms with Crippen LogP contribution in [0.2, 0.25) is 0 Å². The number of carbonyl (C=O) groups excluding carboxylic acids is 2. The molecule has 8 heteroatoms. The van der Waals surface area contributed by atoms with Crippen molar-refractivity contribution in [3.63, 3.8) is 0 Å². The number of rotatable bonds is 4. The molecule has 3 rings (SSSR count). The summed E-state index contributed by atoms with van der Waals surface area (Å²) in [5.41, 5.74) is 2.13. The Kier molecular flexibility index (Phi) is 5.98. The predicted octanol–water partition coefficient (Wildman–Crippen LogP) is 4.47. The van der Waals surface area contributed by atoms with Crippen molar-refractivity contribution in [2.75, 3.05) is 7.11 Å². The number of aryl methyl sites for hydroxylation is 1. The maximum atomic E-state index is 12.5. The third-order valence-corrected chi connectivity index (χ3v) is 5.70. The van der Waals surface area contributed by atoms with Crippen molar-refractivity contribution in [3.05, 3.63) is 62.5 Å². The first-order valence-electron chi connectivity index (χ1n) is 7.79. The molecule has 27 heavy (non-hydrogen) atoms. The molecule has 0 spiro atoms. The molecule has 1 N–H and O–H groups in total. The van der Waals surface area contributed by atoms with Gasteiger partial charge in [0.1, 0.15) is 4.32 Å². The van der Waals surface area contributed by atoms with E-state index in [2.05, 4.69) is 21.2 Å². The Bertz CT molecular complexity index is 970. The summed E-state index contributed by atoms with van der Waals surface area (Å²) in [4.78, 5) is 24.8. The highest BCUT2D eigenvalue weighted by Gasteiger charge is 2.24. The van der Waals surface area contributed by atoms with Gasteiger partial charge in [0.05, 0.1) is 22.1 Å². The average Bonchev–Trinajstić information content (AvgIpc) is 2.96. The first-order chi connectivity index (χ1) is 12.9. The summed E-state index contributed by atoms with van der Waals surface area (Å²) < 4.78 is 11.8. The Balaban J connectivity index is 1.95. The largest absolute Gasteiger partial charge is 0.493 e. The van der Waals surface area contributed by atoms with Gasteiger partial charge in [-0.15, -0.1) is 0 Å². The molecule has 0 unspecified atom stereocenters. The third-order valence-electron chi connectivity index (χ3n) is 3.72. The summed E-state index contributed by atoms with van der Waals surface area (Å²) >= 11 is 9.63. The Morgan fingerprint density at radius 2 is 1.93 bits per heavy atom. The lowest BCUT2D eigenvalue weighted by molar-refractivity contribution is -0.115. The highest BCUT2D eigenvalue weighted by atomic mass is 79.9. The van der Waals surface area contributed by atoms with E-state index in [1.165, 1.54) is 18.9 Å². The van der Waals surface area contributed by atoms with Gasteiger partial charge in [0.25, 0.3) is 5.91 Å². The zero-order valence-electron chi connectivity index (χ0n) is 14.4. The Morgan fingerprint density at radius 3 is 2.52 bits per heavy atom. The summed E-state index contributed by atoms with van der Waals surface area (Å²) in [6, 6.07) is 10.5. The van der Waals surface area contributed by atoms with E-state index in [0.717, 1.165) is 5.56 Å². The molecule has 2 aromatic carbocycles. The van der Waals surface area contributed by atoms with E-state index in [0.29, 0.717) is 30.6 Å². The Hall–Kier alpha value is -2.16. The Labute approximate surface area is 174 Å². The molecule has 0 saturated carbocycles. The van der Waals surface area contributed by atoms with Crippen molar-refractivity contribution in [1.82, 2.24) is 5.32 Å². The zero-order chi connectivity index (χ0) is 19.6. The van der Waals surface area contributed by atoms with Crippen LogP contribution in [0.3, 0.4) is 0 Å². The molecule has 0 aromatic heterocycles. The van der Waals surface area contributed by atoms with Crippen molar-refractivity contribution in [2.45, 2.75) is 6.92 Å².